The van der Waals surface area contributed by atoms with Gasteiger partial charge in [-0.2, -0.15) is 0 Å². The molecule has 0 bridgehead atoms. The molecular formula is C6H9FN+. The van der Waals surface area contributed by atoms with Crippen molar-refractivity contribution in [1.29, 1.82) is 0 Å². The number of rotatable bonds is 2. The predicted octanol–water partition coefficient (Wildman–Crippen LogP) is 0.728. The smallest absolute Gasteiger partial charge is 0.242 e. The minimum Gasteiger partial charge on any atom is -0.242 e. The first-order valence-electron chi connectivity index (χ1n) is 2.50. The normalized spacial score (nSPS) is 11.2. The van der Waals surface area contributed by atoms with Crippen LogP contribution in [-0.4, -0.2) is 18.8 Å². The fourth-order valence-electron chi connectivity index (χ4n) is 0.251. The molecule has 44 valence electrons. The minimum atomic E-state index is -0.916. The maximum atomic E-state index is 12.1. The highest BCUT2D eigenvalue weighted by atomic mass is 19.1. The van der Waals surface area contributed by atoms with Gasteiger partial charge in [0, 0.05) is 0 Å². The van der Waals surface area contributed by atoms with Crippen molar-refractivity contribution in [3.63, 3.8) is 0 Å². The zero-order chi connectivity index (χ0) is 6.41. The summed E-state index contributed by atoms with van der Waals surface area (Å²) in [5.41, 5.74) is 0. The zero-order valence-electron chi connectivity index (χ0n) is 4.89. The van der Waals surface area contributed by atoms with Gasteiger partial charge >= 0.3 is 5.87 Å². The number of allylic oxidation sites excluding steroid dienone is 1. The number of hydrogen-bond acceptors (Lipinski definition) is 0. The van der Waals surface area contributed by atoms with E-state index in [-0.39, 0.29) is 0 Å². The second-order valence-electron chi connectivity index (χ2n) is 1.38. The average molecular weight is 114 g/mol. The largest absolute Gasteiger partial charge is 0.309 e. The van der Waals surface area contributed by atoms with Gasteiger partial charge in [-0.25, -0.2) is 4.39 Å². The van der Waals surface area contributed by atoms with Crippen molar-refractivity contribution in [3.05, 3.63) is 6.08 Å². The van der Waals surface area contributed by atoms with Gasteiger partial charge in [0.2, 0.25) is 0 Å². The summed E-state index contributed by atoms with van der Waals surface area (Å²) in [5.74, 6) is 2.31. The van der Waals surface area contributed by atoms with Crippen molar-refractivity contribution in [1.82, 2.24) is 4.67 Å². The second kappa shape index (κ2) is 4.32. The van der Waals surface area contributed by atoms with Crippen molar-refractivity contribution in [2.45, 2.75) is 19.5 Å². The van der Waals surface area contributed by atoms with Crippen molar-refractivity contribution >= 4 is 12.6 Å². The SMILES string of the molecule is C=[N+]=C=C[C@H](F)CC. The van der Waals surface area contributed by atoms with E-state index >= 15 is 0 Å². The Labute approximate surface area is 48.3 Å². The highest BCUT2D eigenvalue weighted by Crippen LogP contribution is 1.93. The van der Waals surface area contributed by atoms with Crippen LogP contribution in [0.1, 0.15) is 13.3 Å². The quantitative estimate of drug-likeness (QED) is 0.371. The topological polar surface area (TPSA) is 14.1 Å². The lowest BCUT2D eigenvalue weighted by molar-refractivity contribution is 0.392. The summed E-state index contributed by atoms with van der Waals surface area (Å²) in [5, 5.41) is 0. The highest BCUT2D eigenvalue weighted by Gasteiger charge is 1.95. The van der Waals surface area contributed by atoms with Crippen molar-refractivity contribution in [3.8, 4) is 0 Å². The number of nitrogens with zero attached hydrogens (tertiary/aromatic N) is 1. The summed E-state index contributed by atoms with van der Waals surface area (Å²) in [4.78, 5) is 0. The third-order valence-electron chi connectivity index (χ3n) is 0.737. The standard InChI is InChI=1S/C6H9FN/c1-3-6(7)4-5-8-2/h4,6H,2-3H2,1H3/q+1/t6-/m1/s1. The molecule has 0 aliphatic rings. The van der Waals surface area contributed by atoms with Gasteiger partial charge in [-0.1, -0.05) is 6.92 Å². The van der Waals surface area contributed by atoms with Gasteiger partial charge in [0.05, 0.1) is 6.08 Å². The Kier molecular flexibility index (Phi) is 3.87. The average Bonchev–Trinajstić information content (AvgIpc) is 1.83. The van der Waals surface area contributed by atoms with Gasteiger partial charge in [-0.15, -0.1) is 0 Å². The minimum absolute atomic E-state index is 0.475. The molecule has 2 heteroatoms. The molecule has 0 radical (unpaired) electrons. The van der Waals surface area contributed by atoms with E-state index in [2.05, 4.69) is 17.3 Å². The van der Waals surface area contributed by atoms with Crippen LogP contribution in [0.2, 0.25) is 0 Å². The molecule has 1 atom stereocenters. The van der Waals surface area contributed by atoms with Crippen LogP contribution in [-0.2, 0) is 0 Å². The van der Waals surface area contributed by atoms with Crippen molar-refractivity contribution in [2.75, 3.05) is 0 Å². The first-order chi connectivity index (χ1) is 3.81. The molecule has 0 fully saturated rings. The summed E-state index contributed by atoms with van der Waals surface area (Å²) in [6, 6.07) is 0. The van der Waals surface area contributed by atoms with Gasteiger partial charge in [-0.05, 0) is 11.1 Å². The van der Waals surface area contributed by atoms with Crippen LogP contribution < -0.4 is 4.67 Å². The second-order valence-corrected chi connectivity index (χ2v) is 1.38. The van der Waals surface area contributed by atoms with E-state index < -0.39 is 6.17 Å². The highest BCUT2D eigenvalue weighted by molar-refractivity contribution is 5.53. The summed E-state index contributed by atoms with van der Waals surface area (Å²) in [7, 11) is 0. The molecule has 0 spiro atoms. The lowest BCUT2D eigenvalue weighted by Crippen LogP contribution is -1.90. The third-order valence-corrected chi connectivity index (χ3v) is 0.737. The molecule has 0 aliphatic heterocycles. The summed E-state index contributed by atoms with van der Waals surface area (Å²) in [6.45, 7) is 4.86. The zero-order valence-corrected chi connectivity index (χ0v) is 4.89. The molecule has 1 nitrogen and oxygen atoms in total. The maximum Gasteiger partial charge on any atom is 0.309 e. The Morgan fingerprint density at radius 2 is 2.62 bits per heavy atom. The van der Waals surface area contributed by atoms with E-state index in [0.29, 0.717) is 6.42 Å². The fourth-order valence-corrected chi connectivity index (χ4v) is 0.251. The molecule has 0 unspecified atom stereocenters. The molecule has 0 saturated heterocycles. The van der Waals surface area contributed by atoms with Crippen LogP contribution in [0.15, 0.2) is 6.08 Å². The number of halogens is 1. The molecule has 0 aromatic carbocycles. The van der Waals surface area contributed by atoms with E-state index in [1.54, 1.807) is 6.92 Å². The Hall–Kier alpha value is -0.840. The summed E-state index contributed by atoms with van der Waals surface area (Å²) >= 11 is 0. The molecule has 0 heterocycles. The summed E-state index contributed by atoms with van der Waals surface area (Å²) < 4.78 is 15.3. The predicted molar refractivity (Wildman–Crippen MR) is 34.0 cm³/mol. The molecule has 0 rings (SSSR count). The van der Waals surface area contributed by atoms with Gasteiger partial charge in [-0.3, -0.25) is 0 Å². The molecule has 0 aromatic heterocycles. The van der Waals surface area contributed by atoms with Gasteiger partial charge in [0.1, 0.15) is 6.17 Å². The monoisotopic (exact) mass is 114 g/mol. The van der Waals surface area contributed by atoms with E-state index in [9.17, 15) is 4.39 Å². The number of hydrogen-bond donors (Lipinski definition) is 0. The van der Waals surface area contributed by atoms with E-state index in [0.717, 1.165) is 0 Å². The van der Waals surface area contributed by atoms with Crippen LogP contribution in [0.3, 0.4) is 0 Å². The van der Waals surface area contributed by atoms with Gasteiger partial charge in [0.25, 0.3) is 6.72 Å². The molecule has 0 aliphatic carbocycles. The lowest BCUT2D eigenvalue weighted by atomic mass is 10.3. The van der Waals surface area contributed by atoms with E-state index in [4.69, 9.17) is 0 Å². The lowest BCUT2D eigenvalue weighted by Gasteiger charge is -1.86. The number of alkyl halides is 1. The first-order valence-corrected chi connectivity index (χ1v) is 2.50. The molecule has 0 amide bonds. The first kappa shape index (κ1) is 7.16. The maximum absolute atomic E-state index is 12.1. The molecule has 0 saturated carbocycles. The van der Waals surface area contributed by atoms with Crippen LogP contribution >= 0.6 is 0 Å². The Morgan fingerprint density at radius 1 is 2.00 bits per heavy atom. The van der Waals surface area contributed by atoms with Crippen LogP contribution in [0.25, 0.3) is 0 Å². The van der Waals surface area contributed by atoms with Crippen LogP contribution in [0.4, 0.5) is 4.39 Å². The molecular weight excluding hydrogens is 105 g/mol. The summed E-state index contributed by atoms with van der Waals surface area (Å²) in [6.07, 6.45) is 0.815. The third kappa shape index (κ3) is 3.35. The van der Waals surface area contributed by atoms with E-state index in [1.807, 2.05) is 0 Å². The Balaban J connectivity index is 3.69. The van der Waals surface area contributed by atoms with E-state index in [1.165, 1.54) is 6.08 Å². The molecule has 0 aromatic rings. The van der Waals surface area contributed by atoms with Gasteiger partial charge < -0.3 is 0 Å². The van der Waals surface area contributed by atoms with Crippen LogP contribution in [0, 0.1) is 0 Å². The Morgan fingerprint density at radius 3 is 3.00 bits per heavy atom. The molecule has 0 N–H and O–H groups in total. The fraction of sp³-hybridized carbons (Fsp3) is 0.500. The van der Waals surface area contributed by atoms with Crippen molar-refractivity contribution in [2.24, 2.45) is 0 Å². The molecule has 8 heavy (non-hydrogen) atoms. The Bertz CT molecular complexity index is 129. The van der Waals surface area contributed by atoms with Crippen molar-refractivity contribution < 1.29 is 4.39 Å². The van der Waals surface area contributed by atoms with Crippen LogP contribution in [0.5, 0.6) is 0 Å². The van der Waals surface area contributed by atoms with Gasteiger partial charge in [0.15, 0.2) is 0 Å².